The van der Waals surface area contributed by atoms with Gasteiger partial charge >= 0.3 is 5.97 Å². The first-order valence-corrected chi connectivity index (χ1v) is 4.32. The molecule has 0 saturated carbocycles. The number of esters is 1. The zero-order chi connectivity index (χ0) is 9.35. The van der Waals surface area contributed by atoms with Gasteiger partial charge in [-0.2, -0.15) is 0 Å². The number of carbonyl (C=O) groups is 1. The molecule has 3 heteroatoms. The molecule has 0 spiro atoms. The zero-order valence-electron chi connectivity index (χ0n) is 8.09. The Hall–Kier alpha value is -0.570. The summed E-state index contributed by atoms with van der Waals surface area (Å²) in [5.74, 6) is 0.152. The zero-order valence-corrected chi connectivity index (χ0v) is 8.09. The highest BCUT2D eigenvalue weighted by atomic mass is 16.7. The molecule has 1 fully saturated rings. The Morgan fingerprint density at radius 3 is 2.75 bits per heavy atom. The van der Waals surface area contributed by atoms with Gasteiger partial charge in [-0.25, -0.2) is 4.79 Å². The Morgan fingerprint density at radius 1 is 1.75 bits per heavy atom. The summed E-state index contributed by atoms with van der Waals surface area (Å²) in [5.41, 5.74) is -0.276. The lowest BCUT2D eigenvalue weighted by molar-refractivity contribution is -0.142. The van der Waals surface area contributed by atoms with Crippen LogP contribution in [0.25, 0.3) is 0 Å². The van der Waals surface area contributed by atoms with Crippen molar-refractivity contribution in [2.45, 2.75) is 38.9 Å². The maximum atomic E-state index is 11.1. The van der Waals surface area contributed by atoms with E-state index in [0.29, 0.717) is 5.92 Å². The first-order valence-electron chi connectivity index (χ1n) is 4.32. The average molecular weight is 172 g/mol. The van der Waals surface area contributed by atoms with Gasteiger partial charge in [-0.1, -0.05) is 20.3 Å². The molecular weight excluding hydrogens is 156 g/mol. The molecule has 3 nitrogen and oxygen atoms in total. The van der Waals surface area contributed by atoms with Crippen LogP contribution in [0.2, 0.25) is 0 Å². The first kappa shape index (κ1) is 9.52. The van der Waals surface area contributed by atoms with Gasteiger partial charge in [-0.15, -0.1) is 0 Å². The topological polar surface area (TPSA) is 38.8 Å². The average Bonchev–Trinajstić information content (AvgIpc) is 2.76. The molecule has 0 aromatic heterocycles. The predicted octanol–water partition coefficient (Wildman–Crippen LogP) is 1.36. The van der Waals surface area contributed by atoms with Gasteiger partial charge in [-0.05, 0) is 12.8 Å². The second kappa shape index (κ2) is 3.05. The molecule has 1 rings (SSSR count). The number of carbonyl (C=O) groups excluding carboxylic acids is 1. The molecule has 0 unspecified atom stereocenters. The van der Waals surface area contributed by atoms with Gasteiger partial charge in [0.1, 0.15) is 5.60 Å². The van der Waals surface area contributed by atoms with E-state index in [0.717, 1.165) is 6.42 Å². The second-order valence-electron chi connectivity index (χ2n) is 3.51. The number of methoxy groups -OCH3 is 1. The molecule has 1 saturated heterocycles. The standard InChI is InChI=1S/C9H16O3/c1-5-6(2)9(3)7(12-9)8(10)11-4/h6-7H,5H2,1-4H3/t6-,7+,9+/m0/s1. The third-order valence-electron chi connectivity index (χ3n) is 2.84. The quantitative estimate of drug-likeness (QED) is 0.476. The molecule has 1 aliphatic heterocycles. The van der Waals surface area contributed by atoms with E-state index in [-0.39, 0.29) is 17.7 Å². The Morgan fingerprint density at radius 2 is 2.33 bits per heavy atom. The van der Waals surface area contributed by atoms with E-state index < -0.39 is 0 Å². The molecular formula is C9H16O3. The minimum absolute atomic E-state index is 0.252. The van der Waals surface area contributed by atoms with Crippen LogP contribution >= 0.6 is 0 Å². The van der Waals surface area contributed by atoms with E-state index in [4.69, 9.17) is 4.74 Å². The van der Waals surface area contributed by atoms with Gasteiger partial charge in [0.2, 0.25) is 0 Å². The molecule has 70 valence electrons. The monoisotopic (exact) mass is 172 g/mol. The highest BCUT2D eigenvalue weighted by molar-refractivity contribution is 5.79. The van der Waals surface area contributed by atoms with E-state index in [2.05, 4.69) is 18.6 Å². The highest BCUT2D eigenvalue weighted by Crippen LogP contribution is 2.44. The largest absolute Gasteiger partial charge is 0.467 e. The number of hydrogen-bond acceptors (Lipinski definition) is 3. The first-order chi connectivity index (χ1) is 5.56. The van der Waals surface area contributed by atoms with Gasteiger partial charge in [-0.3, -0.25) is 0 Å². The smallest absolute Gasteiger partial charge is 0.338 e. The minimum atomic E-state index is -0.336. The van der Waals surface area contributed by atoms with Crippen LogP contribution in [0.3, 0.4) is 0 Å². The summed E-state index contributed by atoms with van der Waals surface area (Å²) in [7, 11) is 1.39. The fourth-order valence-electron chi connectivity index (χ4n) is 1.39. The maximum Gasteiger partial charge on any atom is 0.338 e. The number of ether oxygens (including phenoxy) is 2. The van der Waals surface area contributed by atoms with Gasteiger partial charge in [0.25, 0.3) is 0 Å². The molecule has 0 aromatic carbocycles. The Balaban J connectivity index is 2.53. The van der Waals surface area contributed by atoms with Crippen molar-refractivity contribution in [3.63, 3.8) is 0 Å². The number of rotatable bonds is 3. The van der Waals surface area contributed by atoms with Gasteiger partial charge in [0, 0.05) is 0 Å². The number of hydrogen-bond donors (Lipinski definition) is 0. The van der Waals surface area contributed by atoms with Gasteiger partial charge in [0.05, 0.1) is 7.11 Å². The molecule has 0 radical (unpaired) electrons. The highest BCUT2D eigenvalue weighted by Gasteiger charge is 2.60. The normalized spacial score (nSPS) is 35.8. The summed E-state index contributed by atoms with van der Waals surface area (Å²) in [5, 5.41) is 0. The summed E-state index contributed by atoms with van der Waals surface area (Å²) < 4.78 is 9.94. The summed E-state index contributed by atoms with van der Waals surface area (Å²) in [4.78, 5) is 11.1. The SMILES string of the molecule is CC[C@H](C)[C@@]1(C)O[C@@H]1C(=O)OC. The van der Waals surface area contributed by atoms with Crippen molar-refractivity contribution >= 4 is 5.97 Å². The van der Waals surface area contributed by atoms with E-state index in [1.165, 1.54) is 7.11 Å². The predicted molar refractivity (Wildman–Crippen MR) is 44.7 cm³/mol. The lowest BCUT2D eigenvalue weighted by Crippen LogP contribution is -2.25. The lowest BCUT2D eigenvalue weighted by atomic mass is 9.90. The van der Waals surface area contributed by atoms with Crippen molar-refractivity contribution in [1.82, 2.24) is 0 Å². The third-order valence-corrected chi connectivity index (χ3v) is 2.84. The summed E-state index contributed by atoms with van der Waals surface area (Å²) in [6.45, 7) is 6.14. The Bertz CT molecular complexity index is 190. The van der Waals surface area contributed by atoms with Gasteiger partial charge < -0.3 is 9.47 Å². The van der Waals surface area contributed by atoms with Crippen LogP contribution in [0.4, 0.5) is 0 Å². The molecule has 3 atom stereocenters. The summed E-state index contributed by atoms with van der Waals surface area (Å²) >= 11 is 0. The van der Waals surface area contributed by atoms with Crippen molar-refractivity contribution in [2.24, 2.45) is 5.92 Å². The van der Waals surface area contributed by atoms with Crippen molar-refractivity contribution in [3.05, 3.63) is 0 Å². The van der Waals surface area contributed by atoms with E-state index in [9.17, 15) is 4.79 Å². The van der Waals surface area contributed by atoms with E-state index in [1.807, 2.05) is 6.92 Å². The molecule has 0 aromatic rings. The van der Waals surface area contributed by atoms with Crippen molar-refractivity contribution in [2.75, 3.05) is 7.11 Å². The Kier molecular flexibility index (Phi) is 2.42. The van der Waals surface area contributed by atoms with Crippen LogP contribution in [-0.4, -0.2) is 24.8 Å². The van der Waals surface area contributed by atoms with Crippen LogP contribution in [-0.2, 0) is 14.3 Å². The fraction of sp³-hybridized carbons (Fsp3) is 0.889. The molecule has 1 heterocycles. The van der Waals surface area contributed by atoms with Gasteiger partial charge in [0.15, 0.2) is 6.10 Å². The molecule has 0 N–H and O–H groups in total. The van der Waals surface area contributed by atoms with Crippen LogP contribution < -0.4 is 0 Å². The molecule has 0 aliphatic carbocycles. The van der Waals surface area contributed by atoms with Crippen LogP contribution in [0.5, 0.6) is 0 Å². The fourth-order valence-corrected chi connectivity index (χ4v) is 1.39. The Labute approximate surface area is 73.0 Å². The molecule has 12 heavy (non-hydrogen) atoms. The molecule has 0 bridgehead atoms. The summed E-state index contributed by atoms with van der Waals surface area (Å²) in [6, 6.07) is 0. The van der Waals surface area contributed by atoms with Crippen molar-refractivity contribution in [3.8, 4) is 0 Å². The number of epoxide rings is 1. The van der Waals surface area contributed by atoms with Crippen molar-refractivity contribution in [1.29, 1.82) is 0 Å². The van der Waals surface area contributed by atoms with Crippen LogP contribution in [0, 0.1) is 5.92 Å². The van der Waals surface area contributed by atoms with E-state index in [1.54, 1.807) is 0 Å². The second-order valence-corrected chi connectivity index (χ2v) is 3.51. The molecule has 1 aliphatic rings. The lowest BCUT2D eigenvalue weighted by Gasteiger charge is -2.12. The van der Waals surface area contributed by atoms with Crippen LogP contribution in [0.15, 0.2) is 0 Å². The summed E-state index contributed by atoms with van der Waals surface area (Å²) in [6.07, 6.45) is 0.682. The third kappa shape index (κ3) is 1.33. The maximum absolute atomic E-state index is 11.1. The van der Waals surface area contributed by atoms with E-state index >= 15 is 0 Å². The van der Waals surface area contributed by atoms with Crippen LogP contribution in [0.1, 0.15) is 27.2 Å². The molecule has 0 amide bonds. The van der Waals surface area contributed by atoms with Crippen molar-refractivity contribution < 1.29 is 14.3 Å². The minimum Gasteiger partial charge on any atom is -0.467 e.